The van der Waals surface area contributed by atoms with Crippen molar-refractivity contribution in [3.63, 3.8) is 0 Å². The Bertz CT molecular complexity index is 1080. The highest BCUT2D eigenvalue weighted by Gasteiger charge is 2.38. The Morgan fingerprint density at radius 2 is 1.68 bits per heavy atom. The minimum absolute atomic E-state index is 0.0249. The second-order valence-electron chi connectivity index (χ2n) is 6.76. The maximum atomic E-state index is 13.2. The fraction of sp³-hybridized carbons (Fsp3) is 0.261. The van der Waals surface area contributed by atoms with E-state index in [1.165, 1.54) is 11.8 Å². The van der Waals surface area contributed by atoms with Crippen LogP contribution in [0.2, 0.25) is 0 Å². The van der Waals surface area contributed by atoms with E-state index < -0.39 is 0 Å². The predicted molar refractivity (Wildman–Crippen MR) is 127 cm³/mol. The summed E-state index contributed by atoms with van der Waals surface area (Å²) in [6, 6.07) is 15.1. The molecule has 0 radical (unpaired) electrons. The summed E-state index contributed by atoms with van der Waals surface area (Å²) < 4.78 is 5.02. The molecule has 1 amide bonds. The van der Waals surface area contributed by atoms with Gasteiger partial charge in [-0.25, -0.2) is 9.79 Å². The summed E-state index contributed by atoms with van der Waals surface area (Å²) in [6.07, 6.45) is 0. The number of rotatable bonds is 5. The van der Waals surface area contributed by atoms with Gasteiger partial charge in [0.1, 0.15) is 9.93 Å². The van der Waals surface area contributed by atoms with Crippen molar-refractivity contribution in [2.24, 2.45) is 4.99 Å². The smallest absolute Gasteiger partial charge is 0.338 e. The molecule has 160 valence electrons. The summed E-state index contributed by atoms with van der Waals surface area (Å²) in [5.74, 6) is -0.380. The van der Waals surface area contributed by atoms with Crippen LogP contribution in [-0.2, 0) is 9.53 Å². The van der Waals surface area contributed by atoms with Gasteiger partial charge in [0.05, 0.1) is 23.5 Å². The minimum Gasteiger partial charge on any atom is -0.462 e. The fourth-order valence-corrected chi connectivity index (χ4v) is 5.87. The van der Waals surface area contributed by atoms with Crippen molar-refractivity contribution in [2.75, 3.05) is 24.6 Å². The van der Waals surface area contributed by atoms with Crippen LogP contribution in [-0.4, -0.2) is 41.6 Å². The molecule has 1 fully saturated rings. The first-order valence-corrected chi connectivity index (χ1v) is 11.8. The molecular formula is C23H23N3O3S2. The number of hydrogen-bond acceptors (Lipinski definition) is 7. The molecule has 2 heterocycles. The lowest BCUT2D eigenvalue weighted by atomic mass is 10.2. The molecule has 0 atom stereocenters. The van der Waals surface area contributed by atoms with Gasteiger partial charge in [0.2, 0.25) is 0 Å². The molecule has 0 saturated carbocycles. The molecule has 31 heavy (non-hydrogen) atoms. The molecule has 6 nitrogen and oxygen atoms in total. The molecule has 0 bridgehead atoms. The number of amidine groups is 1. The number of esters is 1. The topological polar surface area (TPSA) is 62.2 Å². The Morgan fingerprint density at radius 1 is 0.968 bits per heavy atom. The molecule has 0 N–H and O–H groups in total. The fourth-order valence-electron chi connectivity index (χ4n) is 3.41. The second kappa shape index (κ2) is 9.20. The zero-order valence-electron chi connectivity index (χ0n) is 17.6. The SMILES string of the molecule is CCOC(=O)c1ccc(N=C2S/C(=C3\Sc4ccccc4N3CC)C(=O)N2CC)cc1. The van der Waals surface area contributed by atoms with Gasteiger partial charge in [0.15, 0.2) is 5.17 Å². The van der Waals surface area contributed by atoms with Gasteiger partial charge >= 0.3 is 5.97 Å². The number of benzene rings is 2. The van der Waals surface area contributed by atoms with Crippen molar-refractivity contribution in [2.45, 2.75) is 25.7 Å². The Labute approximate surface area is 190 Å². The average Bonchev–Trinajstić information content (AvgIpc) is 3.30. The van der Waals surface area contributed by atoms with E-state index >= 15 is 0 Å². The molecule has 0 aliphatic carbocycles. The van der Waals surface area contributed by atoms with Gasteiger partial charge < -0.3 is 9.64 Å². The van der Waals surface area contributed by atoms with E-state index in [9.17, 15) is 9.59 Å². The highest BCUT2D eigenvalue weighted by molar-refractivity contribution is 8.19. The lowest BCUT2D eigenvalue weighted by molar-refractivity contribution is -0.122. The van der Waals surface area contributed by atoms with Crippen LogP contribution in [0.15, 0.2) is 68.4 Å². The number of ether oxygens (including phenoxy) is 1. The van der Waals surface area contributed by atoms with E-state index in [2.05, 4.69) is 24.0 Å². The Kier molecular flexibility index (Phi) is 6.38. The van der Waals surface area contributed by atoms with Gasteiger partial charge in [0.25, 0.3) is 5.91 Å². The summed E-state index contributed by atoms with van der Waals surface area (Å²) >= 11 is 3.04. The Balaban J connectivity index is 1.65. The van der Waals surface area contributed by atoms with Crippen LogP contribution in [0.5, 0.6) is 0 Å². The van der Waals surface area contributed by atoms with E-state index in [4.69, 9.17) is 9.73 Å². The number of carbonyl (C=O) groups excluding carboxylic acids is 2. The van der Waals surface area contributed by atoms with Gasteiger partial charge in [-0.15, -0.1) is 0 Å². The third-order valence-corrected chi connectivity index (χ3v) is 7.28. The average molecular weight is 454 g/mol. The summed E-state index contributed by atoms with van der Waals surface area (Å²) in [6.45, 7) is 7.46. The summed E-state index contributed by atoms with van der Waals surface area (Å²) in [5.41, 5.74) is 2.30. The largest absolute Gasteiger partial charge is 0.462 e. The molecule has 4 rings (SSSR count). The normalized spacial score (nSPS) is 19.3. The molecule has 2 aromatic carbocycles. The number of fused-ring (bicyclic) bond motifs is 1. The summed E-state index contributed by atoms with van der Waals surface area (Å²) in [4.78, 5) is 35.5. The highest BCUT2D eigenvalue weighted by Crippen LogP contribution is 2.50. The van der Waals surface area contributed by atoms with Gasteiger partial charge in [-0.05, 0) is 68.9 Å². The third-order valence-electron chi connectivity index (χ3n) is 4.90. The Morgan fingerprint density at radius 3 is 2.35 bits per heavy atom. The number of hydrogen-bond donors (Lipinski definition) is 0. The monoisotopic (exact) mass is 453 g/mol. The quantitative estimate of drug-likeness (QED) is 0.455. The molecule has 2 aliphatic rings. The predicted octanol–water partition coefficient (Wildman–Crippen LogP) is 5.25. The number of likely N-dealkylation sites (N-methyl/N-ethyl adjacent to an activating group) is 1. The van der Waals surface area contributed by atoms with E-state index in [1.54, 1.807) is 47.9 Å². The molecule has 0 spiro atoms. The van der Waals surface area contributed by atoms with Crippen molar-refractivity contribution >= 4 is 51.9 Å². The number of aliphatic imine (C=N–C) groups is 1. The molecule has 8 heteroatoms. The van der Waals surface area contributed by atoms with Crippen LogP contribution in [0.1, 0.15) is 31.1 Å². The van der Waals surface area contributed by atoms with Crippen LogP contribution in [0, 0.1) is 0 Å². The van der Waals surface area contributed by atoms with E-state index in [0.29, 0.717) is 34.5 Å². The highest BCUT2D eigenvalue weighted by atomic mass is 32.2. The summed E-state index contributed by atoms with van der Waals surface area (Å²) in [7, 11) is 0. The maximum absolute atomic E-state index is 13.2. The van der Waals surface area contributed by atoms with Crippen LogP contribution in [0.3, 0.4) is 0 Å². The van der Waals surface area contributed by atoms with E-state index in [1.807, 2.05) is 19.1 Å². The van der Waals surface area contributed by atoms with Crippen LogP contribution < -0.4 is 4.90 Å². The first-order valence-electron chi connectivity index (χ1n) is 10.2. The number of anilines is 1. The van der Waals surface area contributed by atoms with Gasteiger partial charge in [-0.1, -0.05) is 23.9 Å². The zero-order chi connectivity index (χ0) is 22.0. The van der Waals surface area contributed by atoms with Gasteiger partial charge in [0, 0.05) is 18.0 Å². The minimum atomic E-state index is -0.355. The Hall–Kier alpha value is -2.71. The molecule has 1 saturated heterocycles. The van der Waals surface area contributed by atoms with Crippen molar-refractivity contribution in [1.29, 1.82) is 0 Å². The lowest BCUT2D eigenvalue weighted by Crippen LogP contribution is -2.29. The lowest BCUT2D eigenvalue weighted by Gasteiger charge is -2.19. The number of para-hydroxylation sites is 1. The number of amides is 1. The van der Waals surface area contributed by atoms with Gasteiger partial charge in [-0.3, -0.25) is 9.69 Å². The standard InChI is InChI=1S/C23H23N3O3S2/c1-4-25-17-9-7-8-10-18(17)30-21(25)19-20(27)26(5-2)23(31-19)24-16-13-11-15(12-14-16)22(28)29-6-3/h7-14H,4-6H2,1-3H3/b21-19-,24-23?. The number of thioether (sulfide) groups is 2. The second-order valence-corrected chi connectivity index (χ2v) is 8.77. The molecule has 0 unspecified atom stereocenters. The first-order chi connectivity index (χ1) is 15.1. The molecule has 2 aliphatic heterocycles. The number of carbonyl (C=O) groups is 2. The van der Waals surface area contributed by atoms with E-state index in [-0.39, 0.29) is 11.9 Å². The van der Waals surface area contributed by atoms with Crippen LogP contribution >= 0.6 is 23.5 Å². The zero-order valence-corrected chi connectivity index (χ0v) is 19.3. The third kappa shape index (κ3) is 4.09. The first kappa shape index (κ1) is 21.5. The summed E-state index contributed by atoms with van der Waals surface area (Å²) in [5, 5.41) is 1.60. The van der Waals surface area contributed by atoms with Crippen molar-refractivity contribution in [1.82, 2.24) is 4.90 Å². The van der Waals surface area contributed by atoms with Crippen LogP contribution in [0.4, 0.5) is 11.4 Å². The van der Waals surface area contributed by atoms with Crippen molar-refractivity contribution < 1.29 is 14.3 Å². The van der Waals surface area contributed by atoms with E-state index in [0.717, 1.165) is 22.2 Å². The van der Waals surface area contributed by atoms with Crippen LogP contribution in [0.25, 0.3) is 0 Å². The van der Waals surface area contributed by atoms with Crippen molar-refractivity contribution in [3.8, 4) is 0 Å². The molecular weight excluding hydrogens is 430 g/mol. The molecule has 2 aromatic rings. The molecule has 0 aromatic heterocycles. The van der Waals surface area contributed by atoms with Crippen molar-refractivity contribution in [3.05, 3.63) is 64.0 Å². The number of nitrogens with zero attached hydrogens (tertiary/aromatic N) is 3. The maximum Gasteiger partial charge on any atom is 0.338 e. The van der Waals surface area contributed by atoms with Gasteiger partial charge in [-0.2, -0.15) is 0 Å².